The zero-order chi connectivity index (χ0) is 33.4. The molecule has 9 aromatic rings. The molecular weight excluding hydrogens is 609 g/mol. The Balaban J connectivity index is 1.19. The molecule has 0 aliphatic carbocycles. The molecule has 0 spiro atoms. The van der Waals surface area contributed by atoms with Gasteiger partial charge in [0.25, 0.3) is 0 Å². The highest BCUT2D eigenvalue weighted by atomic mass is 16.3. The SMILES string of the molecule is Cc1cc(N(c2ccc(-c3cccc4ccccc34)cc2)c2ccc3oc4ccccc4c3c2)ccc1N(c1ccccc1)c1ccccc1. The first kappa shape index (κ1) is 29.6. The molecule has 1 heterocycles. The lowest BCUT2D eigenvalue weighted by molar-refractivity contribution is 0.669. The normalized spacial score (nSPS) is 11.3. The minimum absolute atomic E-state index is 0.883. The van der Waals surface area contributed by atoms with Crippen molar-refractivity contribution in [2.45, 2.75) is 6.92 Å². The van der Waals surface area contributed by atoms with E-state index in [1.54, 1.807) is 0 Å². The van der Waals surface area contributed by atoms with Crippen molar-refractivity contribution < 1.29 is 4.42 Å². The lowest BCUT2D eigenvalue weighted by atomic mass is 9.98. The molecule has 0 unspecified atom stereocenters. The summed E-state index contributed by atoms with van der Waals surface area (Å²) in [4.78, 5) is 4.67. The van der Waals surface area contributed by atoms with Crippen LogP contribution in [0, 0.1) is 6.92 Å². The van der Waals surface area contributed by atoms with Crippen molar-refractivity contribution in [1.29, 1.82) is 0 Å². The van der Waals surface area contributed by atoms with Crippen LogP contribution < -0.4 is 9.80 Å². The van der Waals surface area contributed by atoms with E-state index in [0.717, 1.165) is 56.1 Å². The summed E-state index contributed by atoms with van der Waals surface area (Å²) in [7, 11) is 0. The summed E-state index contributed by atoms with van der Waals surface area (Å²) in [6.45, 7) is 2.20. The van der Waals surface area contributed by atoms with E-state index < -0.39 is 0 Å². The monoisotopic (exact) mass is 642 g/mol. The maximum absolute atomic E-state index is 6.22. The van der Waals surface area contributed by atoms with Crippen LogP contribution in [0.5, 0.6) is 0 Å². The number of nitrogens with zero attached hydrogens (tertiary/aromatic N) is 2. The lowest BCUT2D eigenvalue weighted by Crippen LogP contribution is -2.13. The van der Waals surface area contributed by atoms with Crippen molar-refractivity contribution in [3.8, 4) is 11.1 Å². The summed E-state index contributed by atoms with van der Waals surface area (Å²) >= 11 is 0. The van der Waals surface area contributed by atoms with Crippen molar-refractivity contribution in [2.24, 2.45) is 0 Å². The van der Waals surface area contributed by atoms with E-state index in [0.29, 0.717) is 0 Å². The summed E-state index contributed by atoms with van der Waals surface area (Å²) in [5, 5.41) is 4.71. The average Bonchev–Trinajstić information content (AvgIpc) is 3.55. The van der Waals surface area contributed by atoms with Gasteiger partial charge in [0, 0.05) is 44.9 Å². The van der Waals surface area contributed by atoms with E-state index in [1.165, 1.54) is 27.5 Å². The Hall–Kier alpha value is -6.58. The van der Waals surface area contributed by atoms with E-state index in [4.69, 9.17) is 4.42 Å². The van der Waals surface area contributed by atoms with Crippen LogP contribution in [0.25, 0.3) is 43.8 Å². The highest BCUT2D eigenvalue weighted by molar-refractivity contribution is 6.06. The maximum Gasteiger partial charge on any atom is 0.135 e. The molecule has 50 heavy (non-hydrogen) atoms. The fourth-order valence-corrected chi connectivity index (χ4v) is 7.18. The van der Waals surface area contributed by atoms with E-state index in [2.05, 4.69) is 193 Å². The number of para-hydroxylation sites is 3. The van der Waals surface area contributed by atoms with E-state index in [-0.39, 0.29) is 0 Å². The third-order valence-electron chi connectivity index (χ3n) is 9.55. The minimum Gasteiger partial charge on any atom is -0.456 e. The van der Waals surface area contributed by atoms with Gasteiger partial charge in [0.05, 0.1) is 0 Å². The molecule has 0 aliphatic rings. The standard InChI is InChI=1S/C47H34N2O/c1-33-31-39(27-29-45(33)49(36-15-4-2-5-16-36)37-17-6-3-7-18-37)48(40-28-30-47-44(32-40)43-20-10-11-22-46(43)50-47)38-25-23-35(24-26-38)42-21-12-14-34-13-8-9-19-41(34)42/h2-32H,1H3. The fraction of sp³-hybridized carbons (Fsp3) is 0.0213. The number of rotatable bonds is 7. The van der Waals surface area contributed by atoms with Crippen LogP contribution in [-0.2, 0) is 0 Å². The van der Waals surface area contributed by atoms with Crippen LogP contribution in [0.15, 0.2) is 192 Å². The van der Waals surface area contributed by atoms with Gasteiger partial charge in [-0.05, 0) is 113 Å². The molecule has 3 nitrogen and oxygen atoms in total. The number of fused-ring (bicyclic) bond motifs is 4. The maximum atomic E-state index is 6.22. The molecule has 0 bridgehead atoms. The quantitative estimate of drug-likeness (QED) is 0.172. The third-order valence-corrected chi connectivity index (χ3v) is 9.55. The van der Waals surface area contributed by atoms with Gasteiger partial charge < -0.3 is 14.2 Å². The van der Waals surface area contributed by atoms with Gasteiger partial charge in [-0.15, -0.1) is 0 Å². The van der Waals surface area contributed by atoms with E-state index >= 15 is 0 Å². The zero-order valence-electron chi connectivity index (χ0n) is 27.7. The second-order valence-electron chi connectivity index (χ2n) is 12.7. The molecule has 238 valence electrons. The van der Waals surface area contributed by atoms with Gasteiger partial charge in [-0.3, -0.25) is 0 Å². The Morgan fingerprint density at radius 1 is 0.380 bits per heavy atom. The van der Waals surface area contributed by atoms with Crippen LogP contribution >= 0.6 is 0 Å². The largest absolute Gasteiger partial charge is 0.456 e. The van der Waals surface area contributed by atoms with Crippen molar-refractivity contribution in [2.75, 3.05) is 9.80 Å². The summed E-state index contributed by atoms with van der Waals surface area (Å²) in [5.41, 5.74) is 12.0. The first-order valence-corrected chi connectivity index (χ1v) is 17.0. The van der Waals surface area contributed by atoms with Gasteiger partial charge in [0.15, 0.2) is 0 Å². The van der Waals surface area contributed by atoms with Gasteiger partial charge in [0.2, 0.25) is 0 Å². The number of furan rings is 1. The molecule has 3 heteroatoms. The second kappa shape index (κ2) is 12.5. The smallest absolute Gasteiger partial charge is 0.135 e. The molecule has 0 aliphatic heterocycles. The van der Waals surface area contributed by atoms with Crippen LogP contribution in [0.3, 0.4) is 0 Å². The Kier molecular flexibility index (Phi) is 7.37. The highest BCUT2D eigenvalue weighted by Gasteiger charge is 2.19. The van der Waals surface area contributed by atoms with Crippen LogP contribution in [-0.4, -0.2) is 0 Å². The molecule has 0 atom stereocenters. The molecule has 0 fully saturated rings. The lowest BCUT2D eigenvalue weighted by Gasteiger charge is -2.30. The molecule has 0 saturated carbocycles. The first-order valence-electron chi connectivity index (χ1n) is 17.0. The molecule has 8 aromatic carbocycles. The molecule has 0 saturated heterocycles. The van der Waals surface area contributed by atoms with E-state index in [1.807, 2.05) is 12.1 Å². The second-order valence-corrected chi connectivity index (χ2v) is 12.7. The zero-order valence-corrected chi connectivity index (χ0v) is 27.7. The third kappa shape index (κ3) is 5.26. The molecule has 9 rings (SSSR count). The molecule has 0 amide bonds. The van der Waals surface area contributed by atoms with Crippen molar-refractivity contribution in [3.63, 3.8) is 0 Å². The van der Waals surface area contributed by atoms with Gasteiger partial charge in [-0.25, -0.2) is 0 Å². The van der Waals surface area contributed by atoms with Crippen molar-refractivity contribution in [3.05, 3.63) is 194 Å². The number of hydrogen-bond acceptors (Lipinski definition) is 3. The Bertz CT molecular complexity index is 2560. The van der Waals surface area contributed by atoms with Gasteiger partial charge in [0.1, 0.15) is 11.2 Å². The van der Waals surface area contributed by atoms with E-state index in [9.17, 15) is 0 Å². The Labute approximate surface area is 291 Å². The van der Waals surface area contributed by atoms with Crippen LogP contribution in [0.1, 0.15) is 5.56 Å². The number of benzene rings is 8. The summed E-state index contributed by atoms with van der Waals surface area (Å²) in [6, 6.07) is 66.7. The highest BCUT2D eigenvalue weighted by Crippen LogP contribution is 2.43. The number of anilines is 6. The molecule has 1 aromatic heterocycles. The van der Waals surface area contributed by atoms with Crippen molar-refractivity contribution in [1.82, 2.24) is 0 Å². The van der Waals surface area contributed by atoms with Gasteiger partial charge in [-0.2, -0.15) is 0 Å². The van der Waals surface area contributed by atoms with Gasteiger partial charge in [-0.1, -0.05) is 109 Å². The Morgan fingerprint density at radius 3 is 1.68 bits per heavy atom. The summed E-state index contributed by atoms with van der Waals surface area (Å²) in [6.07, 6.45) is 0. The molecule has 0 N–H and O–H groups in total. The predicted molar refractivity (Wildman–Crippen MR) is 211 cm³/mol. The van der Waals surface area contributed by atoms with Crippen LogP contribution in [0.4, 0.5) is 34.1 Å². The topological polar surface area (TPSA) is 19.6 Å². The molecular formula is C47H34N2O. The minimum atomic E-state index is 0.883. The summed E-state index contributed by atoms with van der Waals surface area (Å²) in [5.74, 6) is 0. The van der Waals surface area contributed by atoms with Gasteiger partial charge >= 0.3 is 0 Å². The predicted octanol–water partition coefficient (Wildman–Crippen LogP) is 13.7. The Morgan fingerprint density at radius 2 is 0.940 bits per heavy atom. The number of hydrogen-bond donors (Lipinski definition) is 0. The first-order chi connectivity index (χ1) is 24.7. The molecule has 0 radical (unpaired) electrons. The van der Waals surface area contributed by atoms with Crippen molar-refractivity contribution >= 4 is 66.8 Å². The fourth-order valence-electron chi connectivity index (χ4n) is 7.18. The number of aryl methyl sites for hydroxylation is 1. The average molecular weight is 643 g/mol. The summed E-state index contributed by atoms with van der Waals surface area (Å²) < 4.78 is 6.22. The van der Waals surface area contributed by atoms with Crippen LogP contribution in [0.2, 0.25) is 0 Å².